The van der Waals surface area contributed by atoms with Crippen LogP contribution in [0.4, 0.5) is 0 Å². The zero-order chi connectivity index (χ0) is 21.0. The fourth-order valence-corrected chi connectivity index (χ4v) is 3.88. The first kappa shape index (κ1) is 22.3. The number of ketones is 1. The van der Waals surface area contributed by atoms with Crippen LogP contribution in [0.3, 0.4) is 0 Å². The average molecular weight is 394 g/mol. The Labute approximate surface area is 166 Å². The van der Waals surface area contributed by atoms with Crippen LogP contribution < -0.4 is 5.73 Å². The molecule has 0 bridgehead atoms. The number of amides is 3. The van der Waals surface area contributed by atoms with Gasteiger partial charge >= 0.3 is 0 Å². The lowest BCUT2D eigenvalue weighted by molar-refractivity contribution is -0.144. The Balaban J connectivity index is 2.01. The number of carbonyl (C=O) groups excluding carboxylic acids is 4. The van der Waals surface area contributed by atoms with Crippen molar-refractivity contribution in [1.29, 1.82) is 0 Å². The van der Waals surface area contributed by atoms with E-state index in [0.717, 1.165) is 6.42 Å². The van der Waals surface area contributed by atoms with E-state index in [-0.39, 0.29) is 36.6 Å². The maximum atomic E-state index is 12.9. The zero-order valence-corrected chi connectivity index (χ0v) is 17.2. The summed E-state index contributed by atoms with van der Waals surface area (Å²) in [5.41, 5.74) is 5.23. The van der Waals surface area contributed by atoms with E-state index >= 15 is 0 Å². The summed E-state index contributed by atoms with van der Waals surface area (Å²) in [7, 11) is 1.51. The van der Waals surface area contributed by atoms with Crippen LogP contribution in [0.15, 0.2) is 0 Å². The number of rotatable bonds is 9. The van der Waals surface area contributed by atoms with Gasteiger partial charge in [-0.15, -0.1) is 0 Å². The lowest BCUT2D eigenvalue weighted by Gasteiger charge is -2.27. The molecule has 0 aromatic heterocycles. The lowest BCUT2D eigenvalue weighted by atomic mass is 10.0. The Morgan fingerprint density at radius 1 is 1.21 bits per heavy atom. The normalized spacial score (nSPS) is 23.8. The molecule has 2 aliphatic rings. The van der Waals surface area contributed by atoms with Crippen LogP contribution >= 0.6 is 0 Å². The molecule has 4 unspecified atom stereocenters. The van der Waals surface area contributed by atoms with Crippen molar-refractivity contribution in [1.82, 2.24) is 9.80 Å². The minimum absolute atomic E-state index is 0.0111. The summed E-state index contributed by atoms with van der Waals surface area (Å²) in [6, 6.07) is -0.915. The first-order chi connectivity index (χ1) is 13.2. The molecule has 0 spiro atoms. The van der Waals surface area contributed by atoms with E-state index in [0.29, 0.717) is 25.3 Å². The van der Waals surface area contributed by atoms with E-state index in [1.54, 1.807) is 11.8 Å². The number of Topliss-reactive ketones (excluding diaryl/α,β-unsaturated/α-hetero) is 1. The SMILES string of the molecule is COC(CCC(C)C)C(=O)N1CC(=O)C2C1CCN2C(=O)[CH]CC(C)C(N)=O. The van der Waals surface area contributed by atoms with Gasteiger partial charge in [0.05, 0.1) is 19.0 Å². The lowest BCUT2D eigenvalue weighted by Crippen LogP contribution is -2.46. The fraction of sp³-hybridized carbons (Fsp3) is 0.750. The van der Waals surface area contributed by atoms with Crippen molar-refractivity contribution < 1.29 is 23.9 Å². The van der Waals surface area contributed by atoms with Gasteiger partial charge in [-0.3, -0.25) is 19.2 Å². The summed E-state index contributed by atoms with van der Waals surface area (Å²) in [5, 5.41) is 0. The van der Waals surface area contributed by atoms with Crippen LogP contribution in [-0.4, -0.2) is 71.7 Å². The van der Waals surface area contributed by atoms with Gasteiger partial charge in [-0.05, 0) is 31.6 Å². The van der Waals surface area contributed by atoms with Gasteiger partial charge < -0.3 is 20.3 Å². The summed E-state index contributed by atoms with van der Waals surface area (Å²) in [5.74, 6) is -1.04. The Morgan fingerprint density at radius 3 is 2.46 bits per heavy atom. The largest absolute Gasteiger partial charge is 0.372 e. The van der Waals surface area contributed by atoms with Crippen molar-refractivity contribution in [2.24, 2.45) is 17.6 Å². The predicted octanol–water partition coefficient (Wildman–Crippen LogP) is 0.534. The average Bonchev–Trinajstić information content (AvgIpc) is 3.20. The van der Waals surface area contributed by atoms with E-state index in [1.807, 2.05) is 0 Å². The maximum absolute atomic E-state index is 12.9. The van der Waals surface area contributed by atoms with Gasteiger partial charge in [0.1, 0.15) is 12.1 Å². The van der Waals surface area contributed by atoms with Crippen molar-refractivity contribution in [3.8, 4) is 0 Å². The third kappa shape index (κ3) is 4.90. The second-order valence-corrected chi connectivity index (χ2v) is 8.20. The fourth-order valence-electron chi connectivity index (χ4n) is 3.88. The second-order valence-electron chi connectivity index (χ2n) is 8.20. The summed E-state index contributed by atoms with van der Waals surface area (Å²) >= 11 is 0. The molecule has 0 saturated carbocycles. The molecule has 2 aliphatic heterocycles. The number of methoxy groups -OCH3 is 1. The van der Waals surface area contributed by atoms with Gasteiger partial charge in [0.25, 0.3) is 5.91 Å². The van der Waals surface area contributed by atoms with E-state index in [4.69, 9.17) is 10.5 Å². The molecule has 8 nitrogen and oxygen atoms in total. The highest BCUT2D eigenvalue weighted by molar-refractivity contribution is 5.99. The highest BCUT2D eigenvalue weighted by Gasteiger charge is 2.52. The van der Waals surface area contributed by atoms with Crippen LogP contribution in [0.1, 0.15) is 46.5 Å². The maximum Gasteiger partial charge on any atom is 0.252 e. The molecule has 0 aliphatic carbocycles. The molecule has 8 heteroatoms. The molecular formula is C20H32N3O5. The summed E-state index contributed by atoms with van der Waals surface area (Å²) in [6.07, 6.45) is 3.11. The van der Waals surface area contributed by atoms with Gasteiger partial charge in [0, 0.05) is 19.6 Å². The van der Waals surface area contributed by atoms with Crippen LogP contribution in [0, 0.1) is 18.3 Å². The smallest absolute Gasteiger partial charge is 0.252 e. The minimum Gasteiger partial charge on any atom is -0.372 e. The van der Waals surface area contributed by atoms with Crippen LogP contribution in [-0.2, 0) is 23.9 Å². The molecule has 4 atom stereocenters. The zero-order valence-electron chi connectivity index (χ0n) is 17.2. The predicted molar refractivity (Wildman–Crippen MR) is 103 cm³/mol. The van der Waals surface area contributed by atoms with Crippen molar-refractivity contribution >= 4 is 23.5 Å². The molecule has 2 fully saturated rings. The number of ether oxygens (including phenoxy) is 1. The first-order valence-electron chi connectivity index (χ1n) is 9.96. The quantitative estimate of drug-likeness (QED) is 0.613. The topological polar surface area (TPSA) is 110 Å². The van der Waals surface area contributed by atoms with Gasteiger partial charge in [-0.2, -0.15) is 0 Å². The Bertz CT molecular complexity index is 621. The number of hydrogen-bond acceptors (Lipinski definition) is 5. The third-order valence-corrected chi connectivity index (χ3v) is 5.69. The van der Waals surface area contributed by atoms with Gasteiger partial charge in [-0.25, -0.2) is 0 Å². The van der Waals surface area contributed by atoms with Crippen LogP contribution in [0.5, 0.6) is 0 Å². The van der Waals surface area contributed by atoms with Gasteiger partial charge in [0.15, 0.2) is 5.78 Å². The Morgan fingerprint density at radius 2 is 1.89 bits per heavy atom. The minimum atomic E-state index is -0.612. The van der Waals surface area contributed by atoms with Crippen molar-refractivity contribution in [3.63, 3.8) is 0 Å². The summed E-state index contributed by atoms with van der Waals surface area (Å²) in [6.45, 7) is 6.25. The number of likely N-dealkylation sites (tertiary alicyclic amines) is 2. The second kappa shape index (κ2) is 9.49. The number of primary amides is 1. The molecule has 2 heterocycles. The van der Waals surface area contributed by atoms with E-state index < -0.39 is 24.0 Å². The molecule has 3 amide bonds. The molecule has 2 saturated heterocycles. The number of fused-ring (bicyclic) bond motifs is 1. The Hall–Kier alpha value is -1.96. The van der Waals surface area contributed by atoms with E-state index in [2.05, 4.69) is 13.8 Å². The molecule has 0 aromatic carbocycles. The Kier molecular flexibility index (Phi) is 7.57. The van der Waals surface area contributed by atoms with Crippen molar-refractivity contribution in [2.75, 3.05) is 20.2 Å². The van der Waals surface area contributed by atoms with Crippen molar-refractivity contribution in [3.05, 3.63) is 6.42 Å². The van der Waals surface area contributed by atoms with E-state index in [9.17, 15) is 19.2 Å². The summed E-state index contributed by atoms with van der Waals surface area (Å²) < 4.78 is 5.39. The highest BCUT2D eigenvalue weighted by atomic mass is 16.5. The standard InChI is InChI=1S/C20H32N3O5/c1-12(2)5-7-16(28-4)20(27)23-11-15(24)18-14(23)9-10-22(18)17(25)8-6-13(3)19(21)26/h8,12-14,16,18H,5-7,9-11H2,1-4H3,(H2,21,26). The molecular weight excluding hydrogens is 362 g/mol. The first-order valence-corrected chi connectivity index (χ1v) is 9.96. The monoisotopic (exact) mass is 394 g/mol. The van der Waals surface area contributed by atoms with E-state index in [1.165, 1.54) is 18.4 Å². The molecule has 2 rings (SSSR count). The molecule has 0 aromatic rings. The van der Waals surface area contributed by atoms with Crippen LogP contribution in [0.2, 0.25) is 0 Å². The molecule has 1 radical (unpaired) electrons. The number of hydrogen-bond donors (Lipinski definition) is 1. The van der Waals surface area contributed by atoms with Gasteiger partial charge in [-0.1, -0.05) is 20.8 Å². The molecule has 28 heavy (non-hydrogen) atoms. The summed E-state index contributed by atoms with van der Waals surface area (Å²) in [4.78, 5) is 52.3. The molecule has 2 N–H and O–H groups in total. The number of nitrogens with two attached hydrogens (primary N) is 1. The van der Waals surface area contributed by atoms with Crippen LogP contribution in [0.25, 0.3) is 0 Å². The molecule has 157 valence electrons. The van der Waals surface area contributed by atoms with Crippen molar-refractivity contribution in [2.45, 2.75) is 64.6 Å². The number of carbonyl (C=O) groups is 4. The van der Waals surface area contributed by atoms with Gasteiger partial charge in [0.2, 0.25) is 11.8 Å². The third-order valence-electron chi connectivity index (χ3n) is 5.69. The highest BCUT2D eigenvalue weighted by Crippen LogP contribution is 2.31. The number of nitrogens with zero attached hydrogens (tertiary/aromatic N) is 2.